The van der Waals surface area contributed by atoms with Gasteiger partial charge in [-0.25, -0.2) is 4.98 Å². The molecule has 7 nitrogen and oxygen atoms in total. The van der Waals surface area contributed by atoms with E-state index in [1.807, 2.05) is 6.92 Å². The maximum atomic E-state index is 11.4. The van der Waals surface area contributed by atoms with Gasteiger partial charge in [0.15, 0.2) is 0 Å². The van der Waals surface area contributed by atoms with Gasteiger partial charge in [0.1, 0.15) is 0 Å². The molecule has 1 atom stereocenters. The van der Waals surface area contributed by atoms with E-state index < -0.39 is 16.3 Å². The van der Waals surface area contributed by atoms with Crippen molar-refractivity contribution in [2.45, 2.75) is 19.8 Å². The van der Waals surface area contributed by atoms with Crippen LogP contribution in [0.4, 0.5) is 11.5 Å². The number of carbonyl (C=O) groups is 1. The monoisotopic (exact) mass is 343 g/mol. The molecule has 0 spiro atoms. The lowest BCUT2D eigenvalue weighted by Gasteiger charge is -2.23. The largest absolute Gasteiger partial charge is 0.481 e. The number of nitrogens with zero attached hydrogens (tertiary/aromatic N) is 3. The Morgan fingerprint density at radius 1 is 1.70 bits per heavy atom. The Kier molecular flexibility index (Phi) is 3.94. The fourth-order valence-corrected chi connectivity index (χ4v) is 2.79. The Balaban J connectivity index is 2.35. The van der Waals surface area contributed by atoms with Gasteiger partial charge in [-0.3, -0.25) is 14.9 Å². The van der Waals surface area contributed by atoms with Crippen LogP contribution in [-0.2, 0) is 4.79 Å². The highest BCUT2D eigenvalue weighted by Gasteiger charge is 2.44. The standard InChI is InChI=1S/C12H14BrN3O4/c1-2-12(11(17)18)3-4-15(7-12)10-9(16(19)20)5-8(13)6-14-10/h5-6H,2-4,7H2,1H3,(H,17,18). The van der Waals surface area contributed by atoms with Gasteiger partial charge in [-0.05, 0) is 28.8 Å². The molecule has 1 fully saturated rings. The Bertz CT molecular complexity index is 566. The fraction of sp³-hybridized carbons (Fsp3) is 0.500. The molecule has 2 heterocycles. The number of aliphatic carboxylic acids is 1. The third-order valence-corrected chi connectivity index (χ3v) is 4.23. The van der Waals surface area contributed by atoms with Crippen molar-refractivity contribution < 1.29 is 14.8 Å². The highest BCUT2D eigenvalue weighted by atomic mass is 79.9. The maximum Gasteiger partial charge on any atom is 0.312 e. The molecule has 0 amide bonds. The third-order valence-electron chi connectivity index (χ3n) is 3.79. The number of rotatable bonds is 4. The van der Waals surface area contributed by atoms with Crippen molar-refractivity contribution in [3.63, 3.8) is 0 Å². The van der Waals surface area contributed by atoms with Crippen molar-refractivity contribution in [1.29, 1.82) is 0 Å². The van der Waals surface area contributed by atoms with Crippen LogP contribution in [0.15, 0.2) is 16.7 Å². The predicted molar refractivity (Wildman–Crippen MR) is 75.8 cm³/mol. The smallest absolute Gasteiger partial charge is 0.312 e. The molecule has 0 radical (unpaired) electrons. The molecule has 20 heavy (non-hydrogen) atoms. The normalized spacial score (nSPS) is 22.0. The summed E-state index contributed by atoms with van der Waals surface area (Å²) in [6.07, 6.45) is 2.44. The van der Waals surface area contributed by atoms with Gasteiger partial charge in [0.25, 0.3) is 0 Å². The minimum absolute atomic E-state index is 0.114. The molecule has 1 aromatic rings. The third kappa shape index (κ3) is 2.47. The molecule has 1 N–H and O–H groups in total. The Hall–Kier alpha value is -1.70. The lowest BCUT2D eigenvalue weighted by Crippen LogP contribution is -2.34. The number of aromatic nitrogens is 1. The van der Waals surface area contributed by atoms with Crippen molar-refractivity contribution in [1.82, 2.24) is 4.98 Å². The number of hydrogen-bond acceptors (Lipinski definition) is 5. The van der Waals surface area contributed by atoms with E-state index in [2.05, 4.69) is 20.9 Å². The van der Waals surface area contributed by atoms with Crippen LogP contribution in [0.2, 0.25) is 0 Å². The van der Waals surface area contributed by atoms with E-state index in [9.17, 15) is 20.0 Å². The van der Waals surface area contributed by atoms with Gasteiger partial charge in [0, 0.05) is 29.8 Å². The first kappa shape index (κ1) is 14.7. The van der Waals surface area contributed by atoms with E-state index in [0.29, 0.717) is 23.9 Å². The number of carboxylic acid groups (broad SMARTS) is 1. The van der Waals surface area contributed by atoms with E-state index in [1.165, 1.54) is 12.3 Å². The van der Waals surface area contributed by atoms with Gasteiger partial charge in [-0.2, -0.15) is 0 Å². The van der Waals surface area contributed by atoms with Crippen molar-refractivity contribution in [2.24, 2.45) is 5.41 Å². The molecule has 1 aromatic heterocycles. The average molecular weight is 344 g/mol. The van der Waals surface area contributed by atoms with Crippen LogP contribution in [0.25, 0.3) is 0 Å². The topological polar surface area (TPSA) is 96.6 Å². The molecule has 0 aliphatic carbocycles. The quantitative estimate of drug-likeness (QED) is 0.666. The van der Waals surface area contributed by atoms with Gasteiger partial charge in [0.05, 0.1) is 10.3 Å². The second kappa shape index (κ2) is 5.35. The lowest BCUT2D eigenvalue weighted by molar-refractivity contribution is -0.384. The van der Waals surface area contributed by atoms with E-state index in [1.54, 1.807) is 4.90 Å². The maximum absolute atomic E-state index is 11.4. The summed E-state index contributed by atoms with van der Waals surface area (Å²) in [5.41, 5.74) is -0.959. The molecule has 1 saturated heterocycles. The van der Waals surface area contributed by atoms with Crippen LogP contribution in [0.1, 0.15) is 19.8 Å². The Labute approximate surface area is 123 Å². The van der Waals surface area contributed by atoms with Crippen LogP contribution >= 0.6 is 15.9 Å². The Morgan fingerprint density at radius 3 is 2.90 bits per heavy atom. The van der Waals surface area contributed by atoms with Crippen molar-refractivity contribution in [3.05, 3.63) is 26.9 Å². The molecule has 108 valence electrons. The molecule has 0 saturated carbocycles. The molecule has 8 heteroatoms. The zero-order valence-electron chi connectivity index (χ0n) is 10.9. The van der Waals surface area contributed by atoms with Gasteiger partial charge in [0.2, 0.25) is 5.82 Å². The summed E-state index contributed by atoms with van der Waals surface area (Å²) in [7, 11) is 0. The highest BCUT2D eigenvalue weighted by molar-refractivity contribution is 9.10. The highest BCUT2D eigenvalue weighted by Crippen LogP contribution is 2.39. The molecule has 0 bridgehead atoms. The fourth-order valence-electron chi connectivity index (χ4n) is 2.47. The first-order valence-corrected chi connectivity index (χ1v) is 6.97. The van der Waals surface area contributed by atoms with Crippen LogP contribution in [0, 0.1) is 15.5 Å². The summed E-state index contributed by atoms with van der Waals surface area (Å²) in [4.78, 5) is 27.8. The summed E-state index contributed by atoms with van der Waals surface area (Å²) in [6.45, 7) is 2.52. The van der Waals surface area contributed by atoms with Crippen LogP contribution in [0.5, 0.6) is 0 Å². The molecule has 1 unspecified atom stereocenters. The second-order valence-electron chi connectivity index (χ2n) is 4.86. The zero-order valence-corrected chi connectivity index (χ0v) is 12.5. The molecular formula is C12H14BrN3O4. The number of carboxylic acids is 1. The number of pyridine rings is 1. The first-order chi connectivity index (χ1) is 9.39. The Morgan fingerprint density at radius 2 is 2.40 bits per heavy atom. The van der Waals surface area contributed by atoms with E-state index in [0.717, 1.165) is 0 Å². The second-order valence-corrected chi connectivity index (χ2v) is 5.78. The molecule has 0 aromatic carbocycles. The van der Waals surface area contributed by atoms with Crippen molar-refractivity contribution in [2.75, 3.05) is 18.0 Å². The molecule has 2 rings (SSSR count). The SMILES string of the molecule is CCC1(C(=O)O)CCN(c2ncc(Br)cc2[N+](=O)[O-])C1. The summed E-state index contributed by atoms with van der Waals surface area (Å²) in [5, 5.41) is 20.5. The van der Waals surface area contributed by atoms with Gasteiger partial charge in [-0.15, -0.1) is 0 Å². The molecular weight excluding hydrogens is 330 g/mol. The lowest BCUT2D eigenvalue weighted by atomic mass is 9.84. The predicted octanol–water partition coefficient (Wildman–Crippen LogP) is 2.44. The minimum Gasteiger partial charge on any atom is -0.481 e. The minimum atomic E-state index is -0.859. The van der Waals surface area contributed by atoms with Crippen molar-refractivity contribution >= 4 is 33.4 Å². The molecule has 1 aliphatic heterocycles. The number of anilines is 1. The summed E-state index contributed by atoms with van der Waals surface area (Å²) < 4.78 is 0.520. The molecule has 1 aliphatic rings. The summed E-state index contributed by atoms with van der Waals surface area (Å²) in [6, 6.07) is 1.38. The van der Waals surface area contributed by atoms with Crippen LogP contribution < -0.4 is 4.90 Å². The number of halogens is 1. The summed E-state index contributed by atoms with van der Waals surface area (Å²) >= 11 is 3.15. The zero-order chi connectivity index (χ0) is 14.9. The van der Waals surface area contributed by atoms with Gasteiger partial charge in [-0.1, -0.05) is 6.92 Å². The average Bonchev–Trinajstić information content (AvgIpc) is 2.84. The van der Waals surface area contributed by atoms with Crippen LogP contribution in [0.3, 0.4) is 0 Å². The van der Waals surface area contributed by atoms with E-state index in [-0.39, 0.29) is 18.1 Å². The van der Waals surface area contributed by atoms with Crippen LogP contribution in [-0.4, -0.2) is 34.1 Å². The summed E-state index contributed by atoms with van der Waals surface area (Å²) in [5.74, 6) is -0.628. The van der Waals surface area contributed by atoms with E-state index in [4.69, 9.17) is 0 Å². The first-order valence-electron chi connectivity index (χ1n) is 6.18. The van der Waals surface area contributed by atoms with E-state index >= 15 is 0 Å². The van der Waals surface area contributed by atoms with Crippen molar-refractivity contribution in [3.8, 4) is 0 Å². The number of hydrogen-bond donors (Lipinski definition) is 1. The number of nitro groups is 1. The van der Waals surface area contributed by atoms with Gasteiger partial charge < -0.3 is 10.0 Å². The van der Waals surface area contributed by atoms with Gasteiger partial charge >= 0.3 is 11.7 Å².